The zero-order valence-corrected chi connectivity index (χ0v) is 55.9. The van der Waals surface area contributed by atoms with Gasteiger partial charge in [-0.3, -0.25) is 0 Å². The van der Waals surface area contributed by atoms with Crippen LogP contribution < -0.4 is 10.6 Å². The Morgan fingerprint density at radius 3 is 0.949 bits per heavy atom. The molecule has 0 heterocycles. The molecule has 0 aliphatic rings. The maximum Gasteiger partial charge on any atom is 4.00 e. The van der Waals surface area contributed by atoms with Crippen molar-refractivity contribution in [3.8, 4) is 11.5 Å². The molecular formula is C68H80Br2HfN4O2Zr+2. The van der Waals surface area contributed by atoms with Crippen LogP contribution in [-0.2, 0) is 64.9 Å². The van der Waals surface area contributed by atoms with E-state index in [1.165, 1.54) is 11.1 Å². The van der Waals surface area contributed by atoms with Crippen LogP contribution in [0.1, 0.15) is 95.2 Å². The number of aromatic hydroxyl groups is 2. The van der Waals surface area contributed by atoms with Gasteiger partial charge in [0.1, 0.15) is 11.5 Å². The van der Waals surface area contributed by atoms with Gasteiger partial charge in [-0.25, -0.2) is 0 Å². The second-order valence-electron chi connectivity index (χ2n) is 18.6. The van der Waals surface area contributed by atoms with E-state index in [0.717, 1.165) is 117 Å². The number of phenolic OH excluding ortho intramolecular Hbond substituents is 2. The van der Waals surface area contributed by atoms with Crippen LogP contribution in [0.5, 0.6) is 11.5 Å². The van der Waals surface area contributed by atoms with Gasteiger partial charge in [0.05, 0.1) is 8.95 Å². The Bertz CT molecular complexity index is 2520. The molecule has 0 bridgehead atoms. The minimum atomic E-state index is 0. The number of rotatable bonds is 16. The topological polar surface area (TPSA) is 92.7 Å². The monoisotopic (exact) mass is 1410 g/mol. The standard InChI is InChI=1S/2C20H26BrN2O.4C7H7.Hf.Zr/c2*1-14(2)17-6-4-5-7-19(17)23-11-10-22-9-8-16-12-15(3)13-18(21)20(16)24;4*1-7-5-3-2-4-6-7;;/h2*4-7,12-14,22,24H,8-11H2,1-3H3;4*2-6H,1H2;;/q6*-1;2*+4. The smallest absolute Gasteiger partial charge is 0.683 e. The molecule has 6 nitrogen and oxygen atoms in total. The van der Waals surface area contributed by atoms with Crippen molar-refractivity contribution in [3.05, 3.63) is 297 Å². The van der Waals surface area contributed by atoms with Gasteiger partial charge in [0.15, 0.2) is 0 Å². The Labute approximate surface area is 525 Å². The summed E-state index contributed by atoms with van der Waals surface area (Å²) in [5, 5.41) is 36.3. The summed E-state index contributed by atoms with van der Waals surface area (Å²) in [6.07, 6.45) is 1.60. The summed E-state index contributed by atoms with van der Waals surface area (Å²) in [6.45, 7) is 32.6. The number of halogens is 2. The van der Waals surface area contributed by atoms with E-state index in [1.807, 2.05) is 172 Å². The van der Waals surface area contributed by atoms with E-state index in [0.29, 0.717) is 23.3 Å². The second kappa shape index (κ2) is 42.0. The number of nitrogens with one attached hydrogen (secondary N) is 2. The number of phenols is 2. The fourth-order valence-corrected chi connectivity index (χ4v) is 8.58. The first-order valence-corrected chi connectivity index (χ1v) is 27.5. The molecular weight excluding hydrogens is 1330 g/mol. The van der Waals surface area contributed by atoms with Crippen LogP contribution in [-0.4, -0.2) is 49.5 Å². The van der Waals surface area contributed by atoms with Gasteiger partial charge in [-0.1, -0.05) is 124 Å². The minimum absolute atomic E-state index is 0. The molecule has 0 aromatic heterocycles. The molecule has 0 unspecified atom stereocenters. The van der Waals surface area contributed by atoms with E-state index in [2.05, 4.69) is 134 Å². The summed E-state index contributed by atoms with van der Waals surface area (Å²) in [7, 11) is 0. The van der Waals surface area contributed by atoms with E-state index in [1.54, 1.807) is 0 Å². The molecule has 8 aromatic rings. The Morgan fingerprint density at radius 2 is 0.692 bits per heavy atom. The summed E-state index contributed by atoms with van der Waals surface area (Å²) >= 11 is 6.78. The SMILES string of the molecule is Cc1cc(Br)c(O)c(CCNCC[N-]c2ccccc2C(C)C)c1.Cc1cc(Br)c(O)c(CCNCC[N-]c2ccccc2C(C)C)c1.[CH2-]c1ccccc1.[CH2-]c1ccccc1.[CH2-]c1ccccc1.[CH2-]c1ccccc1.[Hf+4].[Zr+4]. The molecule has 0 spiro atoms. The largest absolute Gasteiger partial charge is 4.00 e. The van der Waals surface area contributed by atoms with Gasteiger partial charge in [0.2, 0.25) is 0 Å². The quantitative estimate of drug-likeness (QED) is 0.0441. The van der Waals surface area contributed by atoms with Crippen molar-refractivity contribution in [1.82, 2.24) is 10.6 Å². The fraction of sp³-hybridized carbons (Fsp3) is 0.235. The Morgan fingerprint density at radius 1 is 0.423 bits per heavy atom. The van der Waals surface area contributed by atoms with Crippen molar-refractivity contribution in [2.24, 2.45) is 0 Å². The Kier molecular flexibility index (Phi) is 38.3. The van der Waals surface area contributed by atoms with Gasteiger partial charge in [0.25, 0.3) is 0 Å². The first-order valence-electron chi connectivity index (χ1n) is 25.9. The fourth-order valence-electron chi connectivity index (χ4n) is 7.35. The summed E-state index contributed by atoms with van der Waals surface area (Å²) in [6, 6.07) is 64.1. The molecule has 10 heteroatoms. The average molecular weight is 1410 g/mol. The van der Waals surface area contributed by atoms with Gasteiger partial charge in [-0.15, -0.1) is 73.0 Å². The third-order valence-corrected chi connectivity index (χ3v) is 12.6. The maximum absolute atomic E-state index is 10.1. The summed E-state index contributed by atoms with van der Waals surface area (Å²) < 4.78 is 1.52. The summed E-state index contributed by atoms with van der Waals surface area (Å²) in [4.78, 5) is 0. The molecule has 0 fully saturated rings. The van der Waals surface area contributed by atoms with Crippen molar-refractivity contribution >= 4 is 43.2 Å². The van der Waals surface area contributed by atoms with Crippen LogP contribution in [0.2, 0.25) is 0 Å². The third kappa shape index (κ3) is 30.4. The minimum Gasteiger partial charge on any atom is -0.683 e. The van der Waals surface area contributed by atoms with Crippen molar-refractivity contribution in [2.75, 3.05) is 39.3 Å². The molecule has 0 atom stereocenters. The Hall–Kier alpha value is -4.93. The summed E-state index contributed by atoms with van der Waals surface area (Å²) in [5.74, 6) is 1.66. The van der Waals surface area contributed by atoms with E-state index in [-0.39, 0.29) is 52.0 Å². The van der Waals surface area contributed by atoms with Crippen LogP contribution in [0.4, 0.5) is 11.4 Å². The second-order valence-corrected chi connectivity index (χ2v) is 20.4. The predicted molar refractivity (Wildman–Crippen MR) is 335 cm³/mol. The van der Waals surface area contributed by atoms with Gasteiger partial charge in [-0.05, 0) is 131 Å². The number of para-hydroxylation sites is 2. The number of hydrogen-bond acceptors (Lipinski definition) is 4. The normalized spacial score (nSPS) is 9.87. The van der Waals surface area contributed by atoms with Crippen LogP contribution in [0, 0.1) is 41.5 Å². The van der Waals surface area contributed by atoms with Gasteiger partial charge in [0, 0.05) is 0 Å². The van der Waals surface area contributed by atoms with Crippen molar-refractivity contribution in [1.29, 1.82) is 0 Å². The van der Waals surface area contributed by atoms with Gasteiger partial charge >= 0.3 is 52.0 Å². The van der Waals surface area contributed by atoms with E-state index in [9.17, 15) is 10.2 Å². The molecule has 404 valence electrons. The molecule has 0 aliphatic heterocycles. The molecule has 78 heavy (non-hydrogen) atoms. The molecule has 4 N–H and O–H groups in total. The Balaban J connectivity index is 0.000000515. The third-order valence-electron chi connectivity index (χ3n) is 11.3. The predicted octanol–water partition coefficient (Wildman–Crippen LogP) is 18.3. The van der Waals surface area contributed by atoms with Crippen LogP contribution >= 0.6 is 31.9 Å². The number of aryl methyl sites for hydroxylation is 2. The molecule has 8 aromatic carbocycles. The van der Waals surface area contributed by atoms with E-state index < -0.39 is 0 Å². The molecule has 0 saturated carbocycles. The van der Waals surface area contributed by atoms with Crippen LogP contribution in [0.3, 0.4) is 0 Å². The molecule has 0 radical (unpaired) electrons. The van der Waals surface area contributed by atoms with Gasteiger partial charge in [-0.2, -0.15) is 98.5 Å². The molecule has 0 aliphatic carbocycles. The first kappa shape index (κ1) is 71.1. The van der Waals surface area contributed by atoms with Crippen molar-refractivity contribution < 1.29 is 62.3 Å². The van der Waals surface area contributed by atoms with Crippen molar-refractivity contribution in [3.63, 3.8) is 0 Å². The zero-order valence-electron chi connectivity index (χ0n) is 46.7. The van der Waals surface area contributed by atoms with E-state index >= 15 is 0 Å². The molecule has 0 saturated heterocycles. The van der Waals surface area contributed by atoms with Crippen molar-refractivity contribution in [2.45, 2.75) is 66.2 Å². The van der Waals surface area contributed by atoms with Crippen LogP contribution in [0.15, 0.2) is 203 Å². The van der Waals surface area contributed by atoms with Crippen LogP contribution in [0.25, 0.3) is 10.6 Å². The zero-order chi connectivity index (χ0) is 55.5. The average Bonchev–Trinajstić information content (AvgIpc) is 3.40. The molecule has 0 amide bonds. The number of nitrogens with zero attached hydrogens (tertiary/aromatic N) is 2. The molecule has 8 rings (SSSR count). The summed E-state index contributed by atoms with van der Waals surface area (Å²) in [5.41, 5.74) is 13.3. The first-order chi connectivity index (χ1) is 36.5. The van der Waals surface area contributed by atoms with E-state index in [4.69, 9.17) is 10.6 Å². The number of benzene rings is 8. The van der Waals surface area contributed by atoms with Gasteiger partial charge < -0.3 is 31.5 Å². The maximum atomic E-state index is 10.1. The number of hydrogen-bond donors (Lipinski definition) is 4.